The molecule has 0 atom stereocenters. The van der Waals surface area contributed by atoms with Crippen LogP contribution < -0.4 is 0 Å². The Bertz CT molecular complexity index is 533. The lowest BCUT2D eigenvalue weighted by Crippen LogP contribution is -2.53. The second-order valence-electron chi connectivity index (χ2n) is 6.05. The third kappa shape index (κ3) is 2.14. The fraction of sp³-hybridized carbons (Fsp3) is 0.562. The highest BCUT2D eigenvalue weighted by Crippen LogP contribution is 2.66. The lowest BCUT2D eigenvalue weighted by Gasteiger charge is -2.60. The van der Waals surface area contributed by atoms with Gasteiger partial charge in [0.15, 0.2) is 0 Å². The van der Waals surface area contributed by atoms with Crippen LogP contribution in [0.25, 0.3) is 0 Å². The van der Waals surface area contributed by atoms with Crippen molar-refractivity contribution < 1.29 is 22.7 Å². The number of unbranched alkanes of at least 4 members (excludes halogenated alkanes) is 1. The predicted molar refractivity (Wildman–Crippen MR) is 71.3 cm³/mol. The number of carbonyl (C=O) groups excluding carboxylic acids is 1. The standard InChI is InChI=1S/C16H17F3O2/c1-3-4-5-15(21-14(20)9(2)16(17,18)19)7-12-10-6-11(12)13(10)8-15/h7-8,10-11H,2-6H2,1H3. The van der Waals surface area contributed by atoms with Crippen LogP contribution >= 0.6 is 0 Å². The zero-order valence-corrected chi connectivity index (χ0v) is 11.8. The molecule has 4 bridgehead atoms. The summed E-state index contributed by atoms with van der Waals surface area (Å²) in [6.07, 6.45) is 2.32. The number of fused-ring (bicyclic) bond motifs is 2. The van der Waals surface area contributed by atoms with Crippen LogP contribution in [-0.2, 0) is 9.53 Å². The summed E-state index contributed by atoms with van der Waals surface area (Å²) < 4.78 is 42.9. The maximum absolute atomic E-state index is 12.6. The van der Waals surface area contributed by atoms with Crippen molar-refractivity contribution in [1.29, 1.82) is 0 Å². The van der Waals surface area contributed by atoms with Gasteiger partial charge in [0, 0.05) is 11.8 Å². The summed E-state index contributed by atoms with van der Waals surface area (Å²) in [6.45, 7) is 4.81. The Morgan fingerprint density at radius 1 is 1.38 bits per heavy atom. The molecule has 0 radical (unpaired) electrons. The molecule has 5 rings (SSSR count). The van der Waals surface area contributed by atoms with Crippen LogP contribution in [0.4, 0.5) is 13.2 Å². The van der Waals surface area contributed by atoms with Crippen LogP contribution in [0.15, 0.2) is 35.5 Å². The number of esters is 1. The van der Waals surface area contributed by atoms with Crippen molar-refractivity contribution in [2.45, 2.75) is 44.4 Å². The average molecular weight is 298 g/mol. The SMILES string of the molecule is C=C(C(=O)OC1(CCCC)C=C2C3CC2C3=C1)C(F)(F)F. The number of rotatable bonds is 5. The summed E-state index contributed by atoms with van der Waals surface area (Å²) in [5, 5.41) is 0. The molecule has 0 amide bonds. The van der Waals surface area contributed by atoms with Crippen LogP contribution in [0, 0.1) is 11.8 Å². The number of halogens is 3. The molecule has 5 aliphatic rings. The van der Waals surface area contributed by atoms with Crippen molar-refractivity contribution in [3.8, 4) is 0 Å². The summed E-state index contributed by atoms with van der Waals surface area (Å²) in [6, 6.07) is 0. The number of hydrogen-bond acceptors (Lipinski definition) is 2. The first-order valence-corrected chi connectivity index (χ1v) is 7.22. The molecule has 114 valence electrons. The van der Waals surface area contributed by atoms with E-state index >= 15 is 0 Å². The molecule has 3 fully saturated rings. The Morgan fingerprint density at radius 3 is 2.38 bits per heavy atom. The van der Waals surface area contributed by atoms with Crippen molar-refractivity contribution in [2.75, 3.05) is 0 Å². The third-order valence-electron chi connectivity index (χ3n) is 4.70. The smallest absolute Gasteiger partial charge is 0.422 e. The number of ether oxygens (including phenoxy) is 1. The second kappa shape index (κ2) is 4.49. The van der Waals surface area contributed by atoms with Crippen LogP contribution in [0.2, 0.25) is 0 Å². The van der Waals surface area contributed by atoms with E-state index in [1.807, 2.05) is 19.1 Å². The number of alkyl halides is 3. The molecule has 5 heteroatoms. The average Bonchev–Trinajstić information content (AvgIpc) is 2.35. The van der Waals surface area contributed by atoms with Crippen molar-refractivity contribution in [3.63, 3.8) is 0 Å². The summed E-state index contributed by atoms with van der Waals surface area (Å²) in [4.78, 5) is 11.7. The summed E-state index contributed by atoms with van der Waals surface area (Å²) in [5.41, 5.74) is 0.0157. The Labute approximate surface area is 121 Å². The van der Waals surface area contributed by atoms with Gasteiger partial charge >= 0.3 is 12.1 Å². The van der Waals surface area contributed by atoms with Gasteiger partial charge in [-0.15, -0.1) is 0 Å². The first-order chi connectivity index (χ1) is 9.77. The maximum Gasteiger partial charge on any atom is 0.422 e. The van der Waals surface area contributed by atoms with Gasteiger partial charge in [0.2, 0.25) is 0 Å². The third-order valence-corrected chi connectivity index (χ3v) is 4.70. The van der Waals surface area contributed by atoms with Crippen LogP contribution in [0.1, 0.15) is 32.6 Å². The number of allylic oxidation sites excluding steroid dienone is 2. The molecule has 0 N–H and O–H groups in total. The predicted octanol–water partition coefficient (Wildman–Crippen LogP) is 4.09. The van der Waals surface area contributed by atoms with Gasteiger partial charge in [-0.1, -0.05) is 31.1 Å². The van der Waals surface area contributed by atoms with Gasteiger partial charge in [0.1, 0.15) is 11.2 Å². The van der Waals surface area contributed by atoms with E-state index in [-0.39, 0.29) is 0 Å². The van der Waals surface area contributed by atoms with Gasteiger partial charge in [-0.2, -0.15) is 13.2 Å². The lowest BCUT2D eigenvalue weighted by molar-refractivity contribution is -0.158. The Hall–Kier alpha value is -1.52. The van der Waals surface area contributed by atoms with E-state index in [9.17, 15) is 18.0 Å². The molecule has 5 aliphatic carbocycles. The van der Waals surface area contributed by atoms with Gasteiger partial charge in [-0.25, -0.2) is 4.79 Å². The van der Waals surface area contributed by atoms with Crippen molar-refractivity contribution >= 4 is 5.97 Å². The van der Waals surface area contributed by atoms with E-state index in [0.29, 0.717) is 18.3 Å². The van der Waals surface area contributed by atoms with Crippen molar-refractivity contribution in [2.24, 2.45) is 11.8 Å². The largest absolute Gasteiger partial charge is 0.447 e. The Morgan fingerprint density at radius 2 is 1.95 bits per heavy atom. The van der Waals surface area contributed by atoms with Crippen LogP contribution in [-0.4, -0.2) is 17.7 Å². The van der Waals surface area contributed by atoms with E-state index in [2.05, 4.69) is 6.58 Å². The van der Waals surface area contributed by atoms with E-state index in [4.69, 9.17) is 4.74 Å². The molecular formula is C16H17F3O2. The van der Waals surface area contributed by atoms with Gasteiger partial charge in [-0.3, -0.25) is 0 Å². The maximum atomic E-state index is 12.6. The quantitative estimate of drug-likeness (QED) is 0.434. The molecule has 2 nitrogen and oxygen atoms in total. The van der Waals surface area contributed by atoms with E-state index < -0.39 is 23.3 Å². The topological polar surface area (TPSA) is 26.3 Å². The minimum absolute atomic E-state index is 0.467. The summed E-state index contributed by atoms with van der Waals surface area (Å²) in [5.74, 6) is -0.439. The second-order valence-corrected chi connectivity index (χ2v) is 6.05. The molecule has 0 aromatic heterocycles. The van der Waals surface area contributed by atoms with Crippen LogP contribution in [0.5, 0.6) is 0 Å². The van der Waals surface area contributed by atoms with Crippen molar-refractivity contribution in [3.05, 3.63) is 35.5 Å². The molecule has 0 unspecified atom stereocenters. The van der Waals surface area contributed by atoms with Gasteiger partial charge in [-0.05, 0) is 31.4 Å². The zero-order chi connectivity index (χ0) is 15.4. The molecule has 0 aromatic rings. The van der Waals surface area contributed by atoms with Gasteiger partial charge in [0.25, 0.3) is 0 Å². The lowest BCUT2D eigenvalue weighted by atomic mass is 9.45. The monoisotopic (exact) mass is 298 g/mol. The van der Waals surface area contributed by atoms with E-state index in [1.54, 1.807) is 0 Å². The molecule has 0 saturated heterocycles. The van der Waals surface area contributed by atoms with Gasteiger partial charge < -0.3 is 4.74 Å². The highest BCUT2D eigenvalue weighted by Gasteiger charge is 2.58. The summed E-state index contributed by atoms with van der Waals surface area (Å²) in [7, 11) is 0. The molecule has 21 heavy (non-hydrogen) atoms. The fourth-order valence-electron chi connectivity index (χ4n) is 3.30. The normalized spacial score (nSPS) is 32.4. The molecule has 0 aliphatic heterocycles. The van der Waals surface area contributed by atoms with E-state index in [1.165, 1.54) is 11.1 Å². The number of hydrogen-bond donors (Lipinski definition) is 0. The minimum Gasteiger partial charge on any atom is -0.447 e. The fourth-order valence-corrected chi connectivity index (χ4v) is 3.30. The Balaban J connectivity index is 1.78. The molecule has 0 aromatic carbocycles. The highest BCUT2D eigenvalue weighted by atomic mass is 19.4. The molecule has 3 saturated carbocycles. The zero-order valence-electron chi connectivity index (χ0n) is 11.8. The van der Waals surface area contributed by atoms with Crippen molar-refractivity contribution in [1.82, 2.24) is 0 Å². The van der Waals surface area contributed by atoms with E-state index in [0.717, 1.165) is 19.3 Å². The van der Waals surface area contributed by atoms with Crippen LogP contribution in [0.3, 0.4) is 0 Å². The molecule has 0 spiro atoms. The summed E-state index contributed by atoms with van der Waals surface area (Å²) >= 11 is 0. The Kier molecular flexibility index (Phi) is 3.08. The highest BCUT2D eigenvalue weighted by molar-refractivity contribution is 5.89. The molecule has 0 heterocycles. The minimum atomic E-state index is -4.75. The van der Waals surface area contributed by atoms with Gasteiger partial charge in [0.05, 0.1) is 0 Å². The first kappa shape index (κ1) is 14.4. The number of carbonyl (C=O) groups is 1. The molecular weight excluding hydrogens is 281 g/mol. The first-order valence-electron chi connectivity index (χ1n) is 7.22.